The first-order valence-electron chi connectivity index (χ1n) is 11.3. The molecule has 1 atom stereocenters. The number of nitrogens with zero attached hydrogens (tertiary/aromatic N) is 2. The second kappa shape index (κ2) is 15.7. The zero-order valence-corrected chi connectivity index (χ0v) is 19.3. The van der Waals surface area contributed by atoms with E-state index in [0.29, 0.717) is 6.17 Å². The fourth-order valence-electron chi connectivity index (χ4n) is 4.06. The summed E-state index contributed by atoms with van der Waals surface area (Å²) < 4.78 is 0. The third-order valence-corrected chi connectivity index (χ3v) is 6.25. The first-order chi connectivity index (χ1) is 12.1. The monoisotopic (exact) mass is 386 g/mol. The van der Waals surface area contributed by atoms with E-state index in [1.165, 1.54) is 108 Å². The number of halogens is 1. The summed E-state index contributed by atoms with van der Waals surface area (Å²) in [5.41, 5.74) is 2.92. The molecule has 26 heavy (non-hydrogen) atoms. The SMILES string of the molecule is CCCCCCCCCCCCCCCCN1C(C)=C(C)N(C)C1C.Cl. The van der Waals surface area contributed by atoms with E-state index in [9.17, 15) is 0 Å². The van der Waals surface area contributed by atoms with Gasteiger partial charge in [-0.05, 0) is 27.2 Å². The van der Waals surface area contributed by atoms with Gasteiger partial charge >= 0.3 is 0 Å². The Balaban J connectivity index is 0.00000625. The van der Waals surface area contributed by atoms with Crippen molar-refractivity contribution in [1.29, 1.82) is 0 Å². The molecule has 1 aliphatic heterocycles. The van der Waals surface area contributed by atoms with Gasteiger partial charge in [-0.1, -0.05) is 90.4 Å². The highest BCUT2D eigenvalue weighted by atomic mass is 35.5. The highest BCUT2D eigenvalue weighted by Crippen LogP contribution is 2.27. The predicted molar refractivity (Wildman–Crippen MR) is 120 cm³/mol. The van der Waals surface area contributed by atoms with Gasteiger partial charge in [0.15, 0.2) is 0 Å². The maximum Gasteiger partial charge on any atom is 0.0979 e. The zero-order valence-electron chi connectivity index (χ0n) is 18.5. The summed E-state index contributed by atoms with van der Waals surface area (Å²) >= 11 is 0. The summed E-state index contributed by atoms with van der Waals surface area (Å²) in [5.74, 6) is 0. The van der Waals surface area contributed by atoms with Crippen molar-refractivity contribution in [3.8, 4) is 0 Å². The molecule has 156 valence electrons. The van der Waals surface area contributed by atoms with Gasteiger partial charge in [0.25, 0.3) is 0 Å². The van der Waals surface area contributed by atoms with Crippen LogP contribution in [0.5, 0.6) is 0 Å². The minimum atomic E-state index is 0. The maximum atomic E-state index is 2.58. The normalized spacial score (nSPS) is 17.2. The summed E-state index contributed by atoms with van der Waals surface area (Å²) in [6.45, 7) is 10.4. The summed E-state index contributed by atoms with van der Waals surface area (Å²) in [4.78, 5) is 4.98. The molecular weight excluding hydrogens is 340 g/mol. The molecule has 0 bridgehead atoms. The Hall–Kier alpha value is -0.370. The quantitative estimate of drug-likeness (QED) is 0.265. The van der Waals surface area contributed by atoms with E-state index in [1.54, 1.807) is 0 Å². The molecule has 1 heterocycles. The Morgan fingerprint density at radius 3 is 1.38 bits per heavy atom. The molecule has 0 amide bonds. The Morgan fingerprint density at radius 2 is 1.04 bits per heavy atom. The molecule has 0 radical (unpaired) electrons. The van der Waals surface area contributed by atoms with E-state index in [0.717, 1.165) is 0 Å². The number of unbranched alkanes of at least 4 members (excludes halogenated alkanes) is 13. The molecule has 1 rings (SSSR count). The first-order valence-corrected chi connectivity index (χ1v) is 11.3. The summed E-state index contributed by atoms with van der Waals surface area (Å²) in [6.07, 6.45) is 20.7. The molecule has 0 aromatic rings. The molecule has 0 aromatic heterocycles. The van der Waals surface area contributed by atoms with Crippen LogP contribution in [0.25, 0.3) is 0 Å². The highest BCUT2D eigenvalue weighted by Gasteiger charge is 2.27. The molecule has 0 saturated heterocycles. The molecule has 0 aliphatic carbocycles. The summed E-state index contributed by atoms with van der Waals surface area (Å²) in [6, 6.07) is 0. The summed E-state index contributed by atoms with van der Waals surface area (Å²) in [5, 5.41) is 0. The van der Waals surface area contributed by atoms with E-state index in [1.807, 2.05) is 0 Å². The van der Waals surface area contributed by atoms with E-state index >= 15 is 0 Å². The molecule has 1 unspecified atom stereocenters. The smallest absolute Gasteiger partial charge is 0.0979 e. The van der Waals surface area contributed by atoms with Crippen LogP contribution < -0.4 is 0 Å². The van der Waals surface area contributed by atoms with Crippen LogP contribution in [0.3, 0.4) is 0 Å². The van der Waals surface area contributed by atoms with Crippen LogP contribution in [-0.2, 0) is 0 Å². The number of rotatable bonds is 15. The van der Waals surface area contributed by atoms with Gasteiger partial charge in [-0.15, -0.1) is 12.4 Å². The fourth-order valence-corrected chi connectivity index (χ4v) is 4.06. The Bertz CT molecular complexity index is 367. The summed E-state index contributed by atoms with van der Waals surface area (Å²) in [7, 11) is 2.22. The van der Waals surface area contributed by atoms with Crippen molar-refractivity contribution in [1.82, 2.24) is 9.80 Å². The van der Waals surface area contributed by atoms with E-state index in [2.05, 4.69) is 44.5 Å². The van der Waals surface area contributed by atoms with E-state index in [4.69, 9.17) is 0 Å². The zero-order chi connectivity index (χ0) is 18.5. The van der Waals surface area contributed by atoms with E-state index in [-0.39, 0.29) is 12.4 Å². The van der Waals surface area contributed by atoms with Gasteiger partial charge in [-0.25, -0.2) is 0 Å². The van der Waals surface area contributed by atoms with Gasteiger partial charge in [0.2, 0.25) is 0 Å². The van der Waals surface area contributed by atoms with Crippen molar-refractivity contribution in [2.24, 2.45) is 0 Å². The molecule has 0 N–H and O–H groups in total. The van der Waals surface area contributed by atoms with Crippen LogP contribution in [0.15, 0.2) is 11.4 Å². The number of hydrogen-bond acceptors (Lipinski definition) is 2. The van der Waals surface area contributed by atoms with Crippen LogP contribution in [0, 0.1) is 0 Å². The van der Waals surface area contributed by atoms with Gasteiger partial charge in [0.1, 0.15) is 0 Å². The van der Waals surface area contributed by atoms with E-state index < -0.39 is 0 Å². The number of hydrogen-bond donors (Lipinski definition) is 0. The van der Waals surface area contributed by atoms with Gasteiger partial charge in [-0.2, -0.15) is 0 Å². The molecule has 1 aliphatic rings. The van der Waals surface area contributed by atoms with Gasteiger partial charge in [0, 0.05) is 25.0 Å². The second-order valence-electron chi connectivity index (χ2n) is 8.20. The van der Waals surface area contributed by atoms with Crippen molar-refractivity contribution < 1.29 is 0 Å². The van der Waals surface area contributed by atoms with Gasteiger partial charge in [-0.3, -0.25) is 0 Å². The molecule has 0 aromatic carbocycles. The first kappa shape index (κ1) is 25.6. The molecule has 3 heteroatoms. The van der Waals surface area contributed by atoms with Gasteiger partial charge < -0.3 is 9.80 Å². The Kier molecular flexibility index (Phi) is 15.4. The molecule has 0 spiro atoms. The van der Waals surface area contributed by atoms with Crippen LogP contribution in [-0.4, -0.2) is 29.6 Å². The lowest BCUT2D eigenvalue weighted by Gasteiger charge is -2.29. The second-order valence-corrected chi connectivity index (χ2v) is 8.20. The minimum Gasteiger partial charge on any atom is -0.357 e. The largest absolute Gasteiger partial charge is 0.357 e. The lowest BCUT2D eigenvalue weighted by molar-refractivity contribution is 0.176. The van der Waals surface area contributed by atoms with Crippen molar-refractivity contribution in [2.45, 2.75) is 124 Å². The fraction of sp³-hybridized carbons (Fsp3) is 0.913. The highest BCUT2D eigenvalue weighted by molar-refractivity contribution is 5.85. The van der Waals surface area contributed by atoms with Crippen LogP contribution in [0.1, 0.15) is 118 Å². The average molecular weight is 387 g/mol. The molecular formula is C23H47ClN2. The predicted octanol–water partition coefficient (Wildman–Crippen LogP) is 7.73. The minimum absolute atomic E-state index is 0. The van der Waals surface area contributed by atoms with Crippen molar-refractivity contribution in [2.75, 3.05) is 13.6 Å². The lowest BCUT2D eigenvalue weighted by atomic mass is 10.0. The lowest BCUT2D eigenvalue weighted by Crippen LogP contribution is -2.36. The van der Waals surface area contributed by atoms with Crippen molar-refractivity contribution >= 4 is 12.4 Å². The molecule has 0 fully saturated rings. The molecule has 2 nitrogen and oxygen atoms in total. The van der Waals surface area contributed by atoms with Crippen LogP contribution in [0.4, 0.5) is 0 Å². The standard InChI is InChI=1S/C23H46N2.ClH/c1-6-7-8-9-10-11-12-13-14-15-16-17-18-19-20-25-22(3)21(2)24(5)23(25)4;/h23H,6-20H2,1-5H3;1H. The third-order valence-electron chi connectivity index (χ3n) is 6.25. The van der Waals surface area contributed by atoms with Crippen molar-refractivity contribution in [3.63, 3.8) is 0 Å². The average Bonchev–Trinajstić information content (AvgIpc) is 2.79. The van der Waals surface area contributed by atoms with Crippen LogP contribution in [0.2, 0.25) is 0 Å². The Labute approximate surface area is 171 Å². The topological polar surface area (TPSA) is 6.48 Å². The maximum absolute atomic E-state index is 2.58. The Morgan fingerprint density at radius 1 is 0.654 bits per heavy atom. The molecule has 0 saturated carbocycles. The van der Waals surface area contributed by atoms with Crippen LogP contribution >= 0.6 is 12.4 Å². The third kappa shape index (κ3) is 9.53. The van der Waals surface area contributed by atoms with Gasteiger partial charge in [0.05, 0.1) is 6.17 Å². The number of allylic oxidation sites excluding steroid dienone is 2. The van der Waals surface area contributed by atoms with Crippen molar-refractivity contribution in [3.05, 3.63) is 11.4 Å².